The molecule has 1 fully saturated rings. The molecule has 1 aliphatic rings. The topological polar surface area (TPSA) is 59.4 Å². The first-order valence-electron chi connectivity index (χ1n) is 8.71. The number of urea groups is 1. The maximum absolute atomic E-state index is 12.5. The summed E-state index contributed by atoms with van der Waals surface area (Å²) in [5.41, 5.74) is 3.09. The molecule has 134 valence electrons. The molecule has 2 amide bonds. The van der Waals surface area contributed by atoms with Crippen LogP contribution in [-0.2, 0) is 18.2 Å². The van der Waals surface area contributed by atoms with E-state index >= 15 is 0 Å². The van der Waals surface area contributed by atoms with Gasteiger partial charge in [0, 0.05) is 39.1 Å². The number of nitrogens with zero attached hydrogens (tertiary/aromatic N) is 3. The molecular formula is C19H26N4O2. The number of benzene rings is 1. The smallest absolute Gasteiger partial charge is 0.321 e. The third-order valence-electron chi connectivity index (χ3n) is 4.82. The van der Waals surface area contributed by atoms with Gasteiger partial charge in [-0.15, -0.1) is 0 Å². The summed E-state index contributed by atoms with van der Waals surface area (Å²) in [4.78, 5) is 14.4. The highest BCUT2D eigenvalue weighted by Crippen LogP contribution is 2.23. The Labute approximate surface area is 148 Å². The summed E-state index contributed by atoms with van der Waals surface area (Å²) in [6, 6.07) is 7.79. The second kappa shape index (κ2) is 7.70. The van der Waals surface area contributed by atoms with Crippen molar-refractivity contribution in [1.82, 2.24) is 14.7 Å². The Morgan fingerprint density at radius 3 is 3.04 bits per heavy atom. The van der Waals surface area contributed by atoms with Crippen LogP contribution in [0.5, 0.6) is 0 Å². The van der Waals surface area contributed by atoms with Gasteiger partial charge in [0.1, 0.15) is 0 Å². The van der Waals surface area contributed by atoms with Crippen LogP contribution in [0.2, 0.25) is 0 Å². The average Bonchev–Trinajstić information content (AvgIpc) is 3.24. The molecule has 1 saturated heterocycles. The van der Waals surface area contributed by atoms with E-state index in [4.69, 9.17) is 4.74 Å². The Balaban J connectivity index is 1.55. The summed E-state index contributed by atoms with van der Waals surface area (Å²) < 4.78 is 7.16. The van der Waals surface area contributed by atoms with Crippen LogP contribution in [0.1, 0.15) is 30.6 Å². The number of aromatic nitrogens is 2. The SMILES string of the molecule is COC(C)c1cccc(NC(=O)N2CCC(Cc3cnn(C)c3)C2)c1. The summed E-state index contributed by atoms with van der Waals surface area (Å²) >= 11 is 0. The monoisotopic (exact) mass is 342 g/mol. The number of aryl methyl sites for hydroxylation is 1. The van der Waals surface area contributed by atoms with Crippen LogP contribution in [0.15, 0.2) is 36.7 Å². The van der Waals surface area contributed by atoms with E-state index in [1.165, 1.54) is 5.56 Å². The minimum absolute atomic E-state index is 0.00695. The van der Waals surface area contributed by atoms with E-state index in [1.807, 2.05) is 60.2 Å². The van der Waals surface area contributed by atoms with Crippen molar-refractivity contribution >= 4 is 11.7 Å². The fraction of sp³-hybridized carbons (Fsp3) is 0.474. The summed E-state index contributed by atoms with van der Waals surface area (Å²) in [5.74, 6) is 0.495. The van der Waals surface area contributed by atoms with E-state index in [-0.39, 0.29) is 12.1 Å². The highest BCUT2D eigenvalue weighted by atomic mass is 16.5. The molecule has 0 radical (unpaired) electrons. The predicted octanol–water partition coefficient (Wildman–Crippen LogP) is 3.22. The lowest BCUT2D eigenvalue weighted by molar-refractivity contribution is 0.119. The van der Waals surface area contributed by atoms with Gasteiger partial charge in [-0.05, 0) is 48.9 Å². The van der Waals surface area contributed by atoms with E-state index in [0.29, 0.717) is 5.92 Å². The molecule has 6 nitrogen and oxygen atoms in total. The molecule has 0 bridgehead atoms. The van der Waals surface area contributed by atoms with Crippen molar-refractivity contribution in [3.63, 3.8) is 0 Å². The fourth-order valence-corrected chi connectivity index (χ4v) is 3.30. The molecule has 1 aliphatic heterocycles. The molecule has 0 aliphatic carbocycles. The highest BCUT2D eigenvalue weighted by Gasteiger charge is 2.26. The number of amides is 2. The first-order valence-corrected chi connectivity index (χ1v) is 8.71. The van der Waals surface area contributed by atoms with Crippen molar-refractivity contribution < 1.29 is 9.53 Å². The van der Waals surface area contributed by atoms with Crippen molar-refractivity contribution in [3.05, 3.63) is 47.8 Å². The minimum atomic E-state index is -0.0316. The molecule has 2 unspecified atom stereocenters. The Morgan fingerprint density at radius 2 is 2.32 bits per heavy atom. The van der Waals surface area contributed by atoms with Crippen LogP contribution in [-0.4, -0.2) is 40.9 Å². The van der Waals surface area contributed by atoms with Gasteiger partial charge >= 0.3 is 6.03 Å². The minimum Gasteiger partial charge on any atom is -0.377 e. The van der Waals surface area contributed by atoms with Gasteiger partial charge in [-0.25, -0.2) is 4.79 Å². The lowest BCUT2D eigenvalue weighted by Crippen LogP contribution is -2.33. The molecule has 3 rings (SSSR count). The fourth-order valence-electron chi connectivity index (χ4n) is 3.30. The number of anilines is 1. The molecule has 6 heteroatoms. The van der Waals surface area contributed by atoms with Gasteiger partial charge in [-0.2, -0.15) is 5.10 Å². The van der Waals surface area contributed by atoms with Crippen molar-refractivity contribution in [2.75, 3.05) is 25.5 Å². The van der Waals surface area contributed by atoms with Gasteiger partial charge in [0.15, 0.2) is 0 Å². The molecule has 2 atom stereocenters. The first-order chi connectivity index (χ1) is 12.0. The standard InChI is InChI=1S/C19H26N4O2/c1-14(25-3)17-5-4-6-18(10-17)21-19(24)23-8-7-15(13-23)9-16-11-20-22(2)12-16/h4-6,10-12,14-15H,7-9,13H2,1-3H3,(H,21,24). The Morgan fingerprint density at radius 1 is 1.48 bits per heavy atom. The van der Waals surface area contributed by atoms with E-state index in [2.05, 4.69) is 10.4 Å². The van der Waals surface area contributed by atoms with Crippen LogP contribution < -0.4 is 5.32 Å². The molecular weight excluding hydrogens is 316 g/mol. The average molecular weight is 342 g/mol. The number of ether oxygens (including phenoxy) is 1. The zero-order valence-electron chi connectivity index (χ0n) is 15.1. The van der Waals surface area contributed by atoms with Gasteiger partial charge in [0.25, 0.3) is 0 Å². The summed E-state index contributed by atoms with van der Waals surface area (Å²) in [5, 5.41) is 7.22. The molecule has 0 saturated carbocycles. The van der Waals surface area contributed by atoms with Crippen molar-refractivity contribution in [1.29, 1.82) is 0 Å². The predicted molar refractivity (Wildman–Crippen MR) is 97.5 cm³/mol. The number of carbonyl (C=O) groups is 1. The number of hydrogen-bond acceptors (Lipinski definition) is 3. The maximum Gasteiger partial charge on any atom is 0.321 e. The molecule has 1 N–H and O–H groups in total. The molecule has 0 spiro atoms. The van der Waals surface area contributed by atoms with Crippen molar-refractivity contribution in [2.45, 2.75) is 25.9 Å². The quantitative estimate of drug-likeness (QED) is 0.907. The molecule has 2 heterocycles. The number of likely N-dealkylation sites (tertiary alicyclic amines) is 1. The summed E-state index contributed by atoms with van der Waals surface area (Å²) in [6.45, 7) is 3.57. The molecule has 25 heavy (non-hydrogen) atoms. The second-order valence-electron chi connectivity index (χ2n) is 6.76. The Bertz CT molecular complexity index is 728. The molecule has 2 aromatic rings. The van der Waals surface area contributed by atoms with Crippen molar-refractivity contribution in [3.8, 4) is 0 Å². The third-order valence-corrected chi connectivity index (χ3v) is 4.82. The number of carbonyl (C=O) groups excluding carboxylic acids is 1. The van der Waals surface area contributed by atoms with Crippen LogP contribution in [0.3, 0.4) is 0 Å². The zero-order chi connectivity index (χ0) is 17.8. The van der Waals surface area contributed by atoms with Gasteiger partial charge in [0.2, 0.25) is 0 Å². The largest absolute Gasteiger partial charge is 0.377 e. The normalized spacial score (nSPS) is 18.4. The van der Waals surface area contributed by atoms with E-state index < -0.39 is 0 Å². The second-order valence-corrected chi connectivity index (χ2v) is 6.76. The van der Waals surface area contributed by atoms with Crippen LogP contribution in [0, 0.1) is 5.92 Å². The van der Waals surface area contributed by atoms with Gasteiger partial charge < -0.3 is 15.0 Å². The van der Waals surface area contributed by atoms with E-state index in [0.717, 1.165) is 37.2 Å². The summed E-state index contributed by atoms with van der Waals surface area (Å²) in [7, 11) is 3.61. The zero-order valence-corrected chi connectivity index (χ0v) is 15.1. The number of hydrogen-bond donors (Lipinski definition) is 1. The number of nitrogens with one attached hydrogen (secondary N) is 1. The number of methoxy groups -OCH3 is 1. The molecule has 1 aromatic heterocycles. The van der Waals surface area contributed by atoms with Gasteiger partial charge in [0.05, 0.1) is 12.3 Å². The first kappa shape index (κ1) is 17.5. The Kier molecular flexibility index (Phi) is 5.38. The van der Waals surface area contributed by atoms with E-state index in [1.54, 1.807) is 7.11 Å². The Hall–Kier alpha value is -2.34. The van der Waals surface area contributed by atoms with Crippen LogP contribution in [0.25, 0.3) is 0 Å². The number of rotatable bonds is 5. The maximum atomic E-state index is 12.5. The van der Waals surface area contributed by atoms with Crippen LogP contribution >= 0.6 is 0 Å². The van der Waals surface area contributed by atoms with Crippen molar-refractivity contribution in [2.24, 2.45) is 13.0 Å². The third kappa shape index (κ3) is 4.39. The lowest BCUT2D eigenvalue weighted by Gasteiger charge is -2.18. The highest BCUT2D eigenvalue weighted by molar-refractivity contribution is 5.89. The van der Waals surface area contributed by atoms with Gasteiger partial charge in [-0.1, -0.05) is 12.1 Å². The molecule has 1 aromatic carbocycles. The van der Waals surface area contributed by atoms with Crippen LogP contribution in [0.4, 0.5) is 10.5 Å². The van der Waals surface area contributed by atoms with Gasteiger partial charge in [-0.3, -0.25) is 4.68 Å². The summed E-state index contributed by atoms with van der Waals surface area (Å²) in [6.07, 6.45) is 5.96. The van der Waals surface area contributed by atoms with E-state index in [9.17, 15) is 4.79 Å². The lowest BCUT2D eigenvalue weighted by atomic mass is 10.0.